The van der Waals surface area contributed by atoms with Gasteiger partial charge in [-0.1, -0.05) is 0 Å². The topological polar surface area (TPSA) is 81.4 Å². The Morgan fingerprint density at radius 2 is 2.24 bits per heavy atom. The van der Waals surface area contributed by atoms with Crippen molar-refractivity contribution in [2.45, 2.75) is 38.8 Å². The molecule has 21 heavy (non-hydrogen) atoms. The zero-order chi connectivity index (χ0) is 15.0. The number of aliphatic carboxylic acids is 1. The first-order valence-electron chi connectivity index (χ1n) is 6.99. The van der Waals surface area contributed by atoms with Gasteiger partial charge in [0.2, 0.25) is 0 Å². The summed E-state index contributed by atoms with van der Waals surface area (Å²) < 4.78 is 7.01. The Hall–Kier alpha value is -2.37. The molecule has 3 rings (SSSR count). The van der Waals surface area contributed by atoms with E-state index in [4.69, 9.17) is 9.84 Å². The summed E-state index contributed by atoms with van der Waals surface area (Å²) in [5.74, 6) is 0.148. The second-order valence-electron chi connectivity index (χ2n) is 5.22. The first-order valence-corrected chi connectivity index (χ1v) is 6.99. The summed E-state index contributed by atoms with van der Waals surface area (Å²) in [6, 6.07) is 4.93. The maximum atomic E-state index is 12.5. The van der Waals surface area contributed by atoms with Gasteiger partial charge < -0.3 is 9.84 Å². The molecule has 0 aliphatic carbocycles. The van der Waals surface area contributed by atoms with Gasteiger partial charge in [0.15, 0.2) is 6.10 Å². The molecule has 1 unspecified atom stereocenters. The minimum atomic E-state index is -1.05. The molecule has 2 heterocycles. The van der Waals surface area contributed by atoms with Gasteiger partial charge in [-0.25, -0.2) is 9.78 Å². The number of carboxylic acids is 1. The van der Waals surface area contributed by atoms with Crippen molar-refractivity contribution < 1.29 is 14.6 Å². The lowest BCUT2D eigenvalue weighted by atomic mass is 10.1. The number of benzene rings is 1. The summed E-state index contributed by atoms with van der Waals surface area (Å²) in [5.41, 5.74) is 0.548. The average molecular weight is 288 g/mol. The molecule has 0 saturated heterocycles. The smallest absolute Gasteiger partial charge is 0.344 e. The first kappa shape index (κ1) is 13.6. The Kier molecular flexibility index (Phi) is 3.37. The van der Waals surface area contributed by atoms with Gasteiger partial charge in [-0.15, -0.1) is 0 Å². The zero-order valence-corrected chi connectivity index (χ0v) is 11.7. The number of nitrogens with zero attached hydrogens (tertiary/aromatic N) is 2. The molecule has 0 fully saturated rings. The van der Waals surface area contributed by atoms with E-state index >= 15 is 0 Å². The lowest BCUT2D eigenvalue weighted by Gasteiger charge is -2.18. The van der Waals surface area contributed by atoms with E-state index < -0.39 is 12.1 Å². The Labute approximate surface area is 121 Å². The number of hydrogen-bond acceptors (Lipinski definition) is 4. The van der Waals surface area contributed by atoms with Crippen LogP contribution in [0.4, 0.5) is 0 Å². The lowest BCUT2D eigenvalue weighted by Crippen LogP contribution is -2.28. The van der Waals surface area contributed by atoms with Crippen molar-refractivity contribution in [3.63, 3.8) is 0 Å². The molecule has 0 spiro atoms. The van der Waals surface area contributed by atoms with Crippen LogP contribution in [0, 0.1) is 0 Å². The van der Waals surface area contributed by atoms with Crippen LogP contribution < -0.4 is 10.3 Å². The molecule has 1 N–H and O–H groups in total. The van der Waals surface area contributed by atoms with E-state index in [0.717, 1.165) is 25.1 Å². The van der Waals surface area contributed by atoms with Gasteiger partial charge in [0.25, 0.3) is 5.56 Å². The number of carbonyl (C=O) groups is 1. The summed E-state index contributed by atoms with van der Waals surface area (Å²) >= 11 is 0. The molecule has 1 atom stereocenters. The Bertz CT molecular complexity index is 766. The number of ether oxygens (including phenoxy) is 1. The third-order valence-electron chi connectivity index (χ3n) is 3.70. The van der Waals surface area contributed by atoms with Gasteiger partial charge in [0.05, 0.1) is 10.9 Å². The molecule has 0 saturated carbocycles. The fraction of sp³-hybridized carbons (Fsp3) is 0.400. The Morgan fingerprint density at radius 1 is 1.43 bits per heavy atom. The molecule has 1 aliphatic heterocycles. The van der Waals surface area contributed by atoms with Gasteiger partial charge in [-0.05, 0) is 38.0 Å². The summed E-state index contributed by atoms with van der Waals surface area (Å²) in [7, 11) is 0. The standard InChI is InChI=1S/C15H16N2O4/c1-9(15(19)20)21-10-5-6-12-11(8-10)14(18)17-7-3-2-4-13(17)16-12/h5-6,8-9H,2-4,7H2,1H3,(H,19,20). The molecule has 0 radical (unpaired) electrons. The second kappa shape index (κ2) is 5.20. The van der Waals surface area contributed by atoms with Crippen molar-refractivity contribution in [2.24, 2.45) is 0 Å². The van der Waals surface area contributed by atoms with Gasteiger partial charge in [-0.2, -0.15) is 0 Å². The number of carboxylic acid groups (broad SMARTS) is 1. The van der Waals surface area contributed by atoms with Crippen molar-refractivity contribution in [2.75, 3.05) is 0 Å². The fourth-order valence-corrected chi connectivity index (χ4v) is 2.55. The molecular formula is C15H16N2O4. The maximum absolute atomic E-state index is 12.5. The zero-order valence-electron chi connectivity index (χ0n) is 11.7. The van der Waals surface area contributed by atoms with E-state index in [9.17, 15) is 9.59 Å². The molecule has 1 aromatic carbocycles. The average Bonchev–Trinajstić information content (AvgIpc) is 2.48. The number of fused-ring (bicyclic) bond motifs is 2. The van der Waals surface area contributed by atoms with Crippen LogP contribution in [0.3, 0.4) is 0 Å². The van der Waals surface area contributed by atoms with Crippen molar-refractivity contribution in [1.82, 2.24) is 9.55 Å². The Morgan fingerprint density at radius 3 is 3.00 bits per heavy atom. The lowest BCUT2D eigenvalue weighted by molar-refractivity contribution is -0.144. The SMILES string of the molecule is CC(Oc1ccc2nc3n(c(=O)c2c1)CCCC3)C(=O)O. The fourth-order valence-electron chi connectivity index (χ4n) is 2.55. The minimum absolute atomic E-state index is 0.0804. The van der Waals surface area contributed by atoms with Crippen molar-refractivity contribution in [3.05, 3.63) is 34.4 Å². The monoisotopic (exact) mass is 288 g/mol. The van der Waals surface area contributed by atoms with E-state index in [1.807, 2.05) is 0 Å². The van der Waals surface area contributed by atoms with E-state index in [2.05, 4.69) is 4.98 Å². The normalized spacial score (nSPS) is 15.5. The summed E-state index contributed by atoms with van der Waals surface area (Å²) in [6.45, 7) is 2.14. The van der Waals surface area contributed by atoms with Gasteiger partial charge in [-0.3, -0.25) is 9.36 Å². The third-order valence-corrected chi connectivity index (χ3v) is 3.70. The molecule has 0 bridgehead atoms. The van der Waals surface area contributed by atoms with Gasteiger partial charge >= 0.3 is 5.97 Å². The number of rotatable bonds is 3. The molecule has 1 aromatic heterocycles. The third kappa shape index (κ3) is 2.49. The van der Waals surface area contributed by atoms with Crippen LogP contribution >= 0.6 is 0 Å². The van der Waals surface area contributed by atoms with Crippen LogP contribution in [-0.2, 0) is 17.8 Å². The molecule has 110 valence electrons. The quantitative estimate of drug-likeness (QED) is 0.927. The molecule has 2 aromatic rings. The van der Waals surface area contributed by atoms with E-state index in [1.54, 1.807) is 22.8 Å². The highest BCUT2D eigenvalue weighted by Crippen LogP contribution is 2.20. The summed E-state index contributed by atoms with van der Waals surface area (Å²) in [4.78, 5) is 27.8. The van der Waals surface area contributed by atoms with Crippen LogP contribution in [0.5, 0.6) is 5.75 Å². The summed E-state index contributed by atoms with van der Waals surface area (Å²) in [6.07, 6.45) is 1.89. The second-order valence-corrected chi connectivity index (χ2v) is 5.22. The predicted octanol–water partition coefficient (Wildman–Crippen LogP) is 1.58. The van der Waals surface area contributed by atoms with Crippen LogP contribution in [-0.4, -0.2) is 26.7 Å². The highest BCUT2D eigenvalue weighted by molar-refractivity contribution is 5.79. The van der Waals surface area contributed by atoms with E-state index in [0.29, 0.717) is 23.2 Å². The molecular weight excluding hydrogens is 272 g/mol. The van der Waals surface area contributed by atoms with Crippen LogP contribution in [0.15, 0.2) is 23.0 Å². The van der Waals surface area contributed by atoms with Crippen molar-refractivity contribution >= 4 is 16.9 Å². The van der Waals surface area contributed by atoms with Crippen molar-refractivity contribution in [1.29, 1.82) is 0 Å². The maximum Gasteiger partial charge on any atom is 0.344 e. The number of aryl methyl sites for hydroxylation is 1. The molecule has 1 aliphatic rings. The Balaban J connectivity index is 2.07. The van der Waals surface area contributed by atoms with Crippen LogP contribution in [0.2, 0.25) is 0 Å². The predicted molar refractivity (Wildman–Crippen MR) is 76.7 cm³/mol. The first-order chi connectivity index (χ1) is 10.1. The minimum Gasteiger partial charge on any atom is -0.479 e. The largest absolute Gasteiger partial charge is 0.479 e. The van der Waals surface area contributed by atoms with Crippen molar-refractivity contribution in [3.8, 4) is 5.75 Å². The van der Waals surface area contributed by atoms with Crippen LogP contribution in [0.1, 0.15) is 25.6 Å². The summed E-state index contributed by atoms with van der Waals surface area (Å²) in [5, 5.41) is 9.33. The molecule has 6 heteroatoms. The van der Waals surface area contributed by atoms with Gasteiger partial charge in [0.1, 0.15) is 11.6 Å². The number of hydrogen-bond donors (Lipinski definition) is 1. The highest BCUT2D eigenvalue weighted by atomic mass is 16.5. The van der Waals surface area contributed by atoms with Crippen LogP contribution in [0.25, 0.3) is 10.9 Å². The number of aromatic nitrogens is 2. The molecule has 6 nitrogen and oxygen atoms in total. The molecule has 0 amide bonds. The van der Waals surface area contributed by atoms with E-state index in [1.165, 1.54) is 6.92 Å². The van der Waals surface area contributed by atoms with Gasteiger partial charge in [0, 0.05) is 13.0 Å². The van der Waals surface area contributed by atoms with E-state index in [-0.39, 0.29) is 5.56 Å². The highest BCUT2D eigenvalue weighted by Gasteiger charge is 2.16.